The highest BCUT2D eigenvalue weighted by Crippen LogP contribution is 2.24. The van der Waals surface area contributed by atoms with Crippen LogP contribution in [-0.4, -0.2) is 154 Å². The number of phenolic OH excluding ortho intramolecular Hbond substituents is 1. The summed E-state index contributed by atoms with van der Waals surface area (Å²) in [6, 6.07) is -5.13. The molecule has 20 N–H and O–H groups in total. The zero-order chi connectivity index (χ0) is 55.7. The average molecular weight is 1080 g/mol. The second-order valence-corrected chi connectivity index (χ2v) is 20.9. The minimum absolute atomic E-state index is 0.0318. The minimum atomic E-state index is -1.68. The molecule has 1 fully saturated rings. The first kappa shape index (κ1) is 63.6. The van der Waals surface area contributed by atoms with Crippen molar-refractivity contribution in [1.29, 1.82) is 0 Å². The van der Waals surface area contributed by atoms with Gasteiger partial charge in [0.25, 0.3) is 0 Å². The Balaban J connectivity index is 2.73. The summed E-state index contributed by atoms with van der Waals surface area (Å²) in [5, 5.41) is 41.7. The molecule has 1 aromatic carbocycles. The van der Waals surface area contributed by atoms with Crippen LogP contribution >= 0.6 is 21.6 Å². The third kappa shape index (κ3) is 23.5. The molecule has 1 saturated heterocycles. The molecule has 0 spiro atoms. The fraction of sp³-hybridized carbons (Fsp3) is 0.630. The SMILES string of the molecule is CC[C@H](C)[C@@H]1NC(=O)[C@H](CC(C)C)NC(=O)[C@H](NC(C)=O)CSSC[C@H](C(=O)N[C@@H](CCCN=C(N)N)C(=O)N[C@@H](Cc2ccc(O)cc2)C(N)=O)NC(=O)[C@H](CCCCN=C(N)N)NC(=O)[C@H]([C@@H](C)O)NC1=O. The lowest BCUT2D eigenvalue weighted by Gasteiger charge is -2.31. The molecule has 1 aliphatic heterocycles. The zero-order valence-corrected chi connectivity index (χ0v) is 44.4. The molecule has 2 rings (SSSR count). The maximum atomic E-state index is 14.5. The number of aromatic hydroxyl groups is 1. The molecule has 26 nitrogen and oxygen atoms in total. The summed E-state index contributed by atoms with van der Waals surface area (Å²) in [5.41, 5.74) is 28.2. The molecule has 10 atom stereocenters. The van der Waals surface area contributed by atoms with E-state index in [9.17, 15) is 53.4 Å². The summed E-state index contributed by atoms with van der Waals surface area (Å²) in [7, 11) is 2.03. The number of rotatable bonds is 22. The van der Waals surface area contributed by atoms with Crippen molar-refractivity contribution in [3.8, 4) is 5.75 Å². The number of amides is 9. The number of aliphatic imine (C=N–C) groups is 2. The van der Waals surface area contributed by atoms with Gasteiger partial charge in [0.15, 0.2) is 11.9 Å². The van der Waals surface area contributed by atoms with Crippen LogP contribution in [0.15, 0.2) is 34.3 Å². The van der Waals surface area contributed by atoms with E-state index in [4.69, 9.17) is 28.7 Å². The van der Waals surface area contributed by atoms with Crippen LogP contribution in [0.1, 0.15) is 92.1 Å². The molecule has 0 saturated carbocycles. The van der Waals surface area contributed by atoms with Crippen LogP contribution in [0, 0.1) is 11.8 Å². The molecule has 0 unspecified atom stereocenters. The van der Waals surface area contributed by atoms with Gasteiger partial charge in [0.05, 0.1) is 6.10 Å². The van der Waals surface area contributed by atoms with E-state index in [1.54, 1.807) is 13.8 Å². The van der Waals surface area contributed by atoms with Crippen molar-refractivity contribution in [2.24, 2.45) is 50.5 Å². The third-order valence-electron chi connectivity index (χ3n) is 11.5. The topological polar surface area (TPSA) is 445 Å². The summed E-state index contributed by atoms with van der Waals surface area (Å²) in [4.78, 5) is 132. The summed E-state index contributed by atoms with van der Waals surface area (Å²) >= 11 is 0. The van der Waals surface area contributed by atoms with Gasteiger partial charge in [-0.15, -0.1) is 0 Å². The first-order valence-electron chi connectivity index (χ1n) is 24.3. The highest BCUT2D eigenvalue weighted by Gasteiger charge is 2.37. The number of hydrogen-bond acceptors (Lipinski definition) is 15. The summed E-state index contributed by atoms with van der Waals surface area (Å²) in [6.07, 6.45) is -0.599. The smallest absolute Gasteiger partial charge is 0.245 e. The fourth-order valence-corrected chi connectivity index (χ4v) is 9.63. The van der Waals surface area contributed by atoms with E-state index in [0.717, 1.165) is 21.6 Å². The number of hydrogen-bond donors (Lipinski definition) is 15. The number of phenols is 1. The molecule has 1 heterocycles. The predicted octanol–water partition coefficient (Wildman–Crippen LogP) is -3.32. The lowest BCUT2D eigenvalue weighted by molar-refractivity contribution is -0.137. The first-order chi connectivity index (χ1) is 34.8. The van der Waals surface area contributed by atoms with Crippen molar-refractivity contribution in [1.82, 2.24) is 42.5 Å². The van der Waals surface area contributed by atoms with Gasteiger partial charge in [-0.05, 0) is 75.0 Å². The number of unbranched alkanes of at least 4 members (excludes halogenated alkanes) is 1. The molecule has 1 aliphatic rings. The largest absolute Gasteiger partial charge is 0.508 e. The molecule has 0 aliphatic carbocycles. The van der Waals surface area contributed by atoms with E-state index in [-0.39, 0.29) is 86.7 Å². The van der Waals surface area contributed by atoms with Crippen molar-refractivity contribution in [2.75, 3.05) is 24.6 Å². The van der Waals surface area contributed by atoms with E-state index < -0.39 is 114 Å². The van der Waals surface area contributed by atoms with Crippen LogP contribution in [0.5, 0.6) is 5.75 Å². The molecular weight excluding hydrogens is 1000 g/mol. The Morgan fingerprint density at radius 1 is 0.716 bits per heavy atom. The van der Waals surface area contributed by atoms with Crippen LogP contribution in [0.3, 0.4) is 0 Å². The highest BCUT2D eigenvalue weighted by molar-refractivity contribution is 8.76. The van der Waals surface area contributed by atoms with Gasteiger partial charge in [-0.1, -0.05) is 67.8 Å². The van der Waals surface area contributed by atoms with Gasteiger partial charge in [0.1, 0.15) is 54.1 Å². The Labute approximate surface area is 439 Å². The maximum Gasteiger partial charge on any atom is 0.245 e. The Morgan fingerprint density at radius 2 is 1.28 bits per heavy atom. The van der Waals surface area contributed by atoms with E-state index in [2.05, 4.69) is 52.5 Å². The molecule has 414 valence electrons. The van der Waals surface area contributed by atoms with Crippen LogP contribution in [-0.2, 0) is 49.6 Å². The van der Waals surface area contributed by atoms with Gasteiger partial charge in [-0.3, -0.25) is 53.1 Å². The molecule has 74 heavy (non-hydrogen) atoms. The highest BCUT2D eigenvalue weighted by atomic mass is 33.1. The van der Waals surface area contributed by atoms with E-state index in [1.165, 1.54) is 38.1 Å². The number of aliphatic hydroxyl groups excluding tert-OH is 1. The molecule has 0 aromatic heterocycles. The Morgan fingerprint density at radius 3 is 1.85 bits per heavy atom. The number of nitrogens with one attached hydrogen (secondary N) is 8. The van der Waals surface area contributed by atoms with Gasteiger partial charge in [-0.2, -0.15) is 0 Å². The monoisotopic (exact) mass is 1080 g/mol. The van der Waals surface area contributed by atoms with Crippen molar-refractivity contribution in [3.05, 3.63) is 29.8 Å². The molecule has 1 aromatic rings. The van der Waals surface area contributed by atoms with Crippen LogP contribution in [0.4, 0.5) is 0 Å². The number of primary amides is 1. The molecule has 0 bridgehead atoms. The van der Waals surface area contributed by atoms with Gasteiger partial charge >= 0.3 is 0 Å². The van der Waals surface area contributed by atoms with E-state index in [0.29, 0.717) is 18.4 Å². The number of nitrogens with two attached hydrogens (primary N) is 5. The Kier molecular flexibility index (Phi) is 28.0. The molecular formula is C46H77N15O11S2. The number of aliphatic hydroxyl groups is 1. The molecule has 0 radical (unpaired) electrons. The Hall–Kier alpha value is -6.55. The van der Waals surface area contributed by atoms with Crippen molar-refractivity contribution < 1.29 is 53.4 Å². The predicted molar refractivity (Wildman–Crippen MR) is 282 cm³/mol. The standard InChI is InChI=1S/C46H77N15O11S2/c1-7-24(4)35-43(71)61-36(25(5)62)44(72)56-29(11-8-9-17-52-45(48)49)39(67)59-34(22-74-73-21-33(54-26(6)63)41(69)58-32(19-23(2)3)40(68)60-35)42(70)55-30(12-10-18-53-46(50)51)38(66)57-31(37(47)65)20-27-13-15-28(64)16-14-27/h13-16,23-25,29-36,62,64H,7-12,17-22H2,1-6H3,(H2,47,65)(H,54,63)(H,55,70)(H,56,72)(H,57,66)(H,58,69)(H,59,67)(H,60,68)(H,61,71)(H4,48,49,52)(H4,50,51,53)/t24-,25+,29-,30-,31-,32-,33+,34+,35-,36-/m0/s1. The quantitative estimate of drug-likeness (QED) is 0.0234. The van der Waals surface area contributed by atoms with Crippen LogP contribution < -0.4 is 71.2 Å². The van der Waals surface area contributed by atoms with Crippen molar-refractivity contribution >= 4 is 86.7 Å². The number of benzene rings is 1. The van der Waals surface area contributed by atoms with Gasteiger partial charge in [-0.25, -0.2) is 0 Å². The van der Waals surface area contributed by atoms with Gasteiger partial charge in [0, 0.05) is 37.9 Å². The van der Waals surface area contributed by atoms with Gasteiger partial charge < -0.3 is 81.4 Å². The second-order valence-electron chi connectivity index (χ2n) is 18.4. The summed E-state index contributed by atoms with van der Waals surface area (Å²) in [5.74, 6) is -8.91. The van der Waals surface area contributed by atoms with Crippen LogP contribution in [0.25, 0.3) is 0 Å². The second kappa shape index (κ2) is 32.6. The lowest BCUT2D eigenvalue weighted by Crippen LogP contribution is -2.63. The van der Waals surface area contributed by atoms with E-state index >= 15 is 0 Å². The summed E-state index contributed by atoms with van der Waals surface area (Å²) in [6.45, 7) is 9.73. The number of carbonyl (C=O) groups excluding carboxylic acids is 9. The Bertz CT molecular complexity index is 2130. The van der Waals surface area contributed by atoms with Crippen molar-refractivity contribution in [3.63, 3.8) is 0 Å². The lowest BCUT2D eigenvalue weighted by atomic mass is 9.96. The average Bonchev–Trinajstić information content (AvgIpc) is 3.31. The summed E-state index contributed by atoms with van der Waals surface area (Å²) < 4.78 is 0. The number of guanidine groups is 2. The van der Waals surface area contributed by atoms with Gasteiger partial charge in [0.2, 0.25) is 53.2 Å². The fourth-order valence-electron chi connectivity index (χ4n) is 7.30. The van der Waals surface area contributed by atoms with E-state index in [1.807, 2.05) is 13.8 Å². The minimum Gasteiger partial charge on any atom is -0.508 e. The number of carbonyl (C=O) groups is 9. The van der Waals surface area contributed by atoms with Crippen molar-refractivity contribution in [2.45, 2.75) is 147 Å². The number of nitrogens with zero attached hydrogens (tertiary/aromatic N) is 2. The maximum absolute atomic E-state index is 14.5. The third-order valence-corrected chi connectivity index (χ3v) is 13.9. The molecule has 28 heteroatoms. The normalized spacial score (nSPS) is 22.1. The first-order valence-corrected chi connectivity index (χ1v) is 26.8. The zero-order valence-electron chi connectivity index (χ0n) is 42.8. The van der Waals surface area contributed by atoms with Crippen LogP contribution in [0.2, 0.25) is 0 Å². The molecule has 9 amide bonds.